The number of thiophene rings is 1. The monoisotopic (exact) mass is 303 g/mol. The summed E-state index contributed by atoms with van der Waals surface area (Å²) in [6.07, 6.45) is 0.413. The highest BCUT2D eigenvalue weighted by Crippen LogP contribution is 2.19. The first-order chi connectivity index (χ1) is 10.1. The van der Waals surface area contributed by atoms with Crippen molar-refractivity contribution < 1.29 is 14.3 Å². The molecule has 0 aliphatic carbocycles. The molecule has 5 heteroatoms. The van der Waals surface area contributed by atoms with E-state index in [1.54, 1.807) is 30.6 Å². The Morgan fingerprint density at radius 1 is 1.38 bits per heavy atom. The lowest BCUT2D eigenvalue weighted by atomic mass is 10.2. The van der Waals surface area contributed by atoms with E-state index in [4.69, 9.17) is 5.11 Å². The lowest BCUT2D eigenvalue weighted by Gasteiger charge is -2.16. The molecule has 1 amide bonds. The summed E-state index contributed by atoms with van der Waals surface area (Å²) in [7, 11) is 1.64. The standard InChI is InChI=1S/C16H14FNO2S/c1-18(14-7-5-13(17)6-8-14)16(20)12-10-15(21-11-12)4-2-3-9-19/h5-8,10-11,19H,3,9H2,1H3. The van der Waals surface area contributed by atoms with Crippen LogP contribution in [0.5, 0.6) is 0 Å². The molecule has 21 heavy (non-hydrogen) atoms. The molecule has 108 valence electrons. The number of aliphatic hydroxyl groups excluding tert-OH is 1. The molecule has 0 fully saturated rings. The Morgan fingerprint density at radius 2 is 2.10 bits per heavy atom. The zero-order chi connectivity index (χ0) is 15.2. The van der Waals surface area contributed by atoms with E-state index in [9.17, 15) is 9.18 Å². The number of benzene rings is 1. The van der Waals surface area contributed by atoms with Crippen LogP contribution in [0, 0.1) is 17.7 Å². The predicted octanol–water partition coefficient (Wildman–Crippen LogP) is 2.90. The predicted molar refractivity (Wildman–Crippen MR) is 82.0 cm³/mol. The van der Waals surface area contributed by atoms with Crippen molar-refractivity contribution in [3.8, 4) is 11.8 Å². The van der Waals surface area contributed by atoms with Crippen molar-refractivity contribution in [2.45, 2.75) is 6.42 Å². The lowest BCUT2D eigenvalue weighted by molar-refractivity contribution is 0.0993. The maximum atomic E-state index is 12.9. The third kappa shape index (κ3) is 3.91. The Balaban J connectivity index is 2.13. The summed E-state index contributed by atoms with van der Waals surface area (Å²) in [6, 6.07) is 7.47. The van der Waals surface area contributed by atoms with Gasteiger partial charge in [-0.2, -0.15) is 0 Å². The molecule has 0 aliphatic rings. The van der Waals surface area contributed by atoms with Gasteiger partial charge in [-0.05, 0) is 30.3 Å². The molecule has 0 aliphatic heterocycles. The molecular weight excluding hydrogens is 289 g/mol. The number of rotatable bonds is 3. The molecular formula is C16H14FNO2S. The minimum atomic E-state index is -0.337. The summed E-state index contributed by atoms with van der Waals surface area (Å²) >= 11 is 1.38. The first-order valence-electron chi connectivity index (χ1n) is 6.33. The molecule has 2 rings (SSSR count). The second-order valence-electron chi connectivity index (χ2n) is 4.32. The summed E-state index contributed by atoms with van der Waals surface area (Å²) in [5.74, 6) is 5.20. The highest BCUT2D eigenvalue weighted by molar-refractivity contribution is 7.10. The van der Waals surface area contributed by atoms with Gasteiger partial charge in [-0.1, -0.05) is 11.8 Å². The molecule has 0 bridgehead atoms. The highest BCUT2D eigenvalue weighted by Gasteiger charge is 2.14. The molecule has 0 saturated heterocycles. The van der Waals surface area contributed by atoms with Crippen LogP contribution in [-0.4, -0.2) is 24.7 Å². The maximum Gasteiger partial charge on any atom is 0.258 e. The van der Waals surface area contributed by atoms with Gasteiger partial charge in [0.15, 0.2) is 0 Å². The fourth-order valence-electron chi connectivity index (χ4n) is 1.70. The van der Waals surface area contributed by atoms with Crippen LogP contribution in [0.1, 0.15) is 21.7 Å². The van der Waals surface area contributed by atoms with Crippen LogP contribution in [0.25, 0.3) is 0 Å². The van der Waals surface area contributed by atoms with Crippen LogP contribution >= 0.6 is 11.3 Å². The average molecular weight is 303 g/mol. The maximum absolute atomic E-state index is 12.9. The fraction of sp³-hybridized carbons (Fsp3) is 0.188. The van der Waals surface area contributed by atoms with Gasteiger partial charge < -0.3 is 10.0 Å². The first-order valence-corrected chi connectivity index (χ1v) is 7.21. The minimum Gasteiger partial charge on any atom is -0.395 e. The summed E-state index contributed by atoms with van der Waals surface area (Å²) in [6.45, 7) is 0.0253. The number of nitrogens with zero attached hydrogens (tertiary/aromatic N) is 1. The van der Waals surface area contributed by atoms with Crippen molar-refractivity contribution in [2.24, 2.45) is 0 Å². The third-order valence-corrected chi connectivity index (χ3v) is 3.66. The second kappa shape index (κ2) is 7.02. The van der Waals surface area contributed by atoms with Crippen LogP contribution in [0.15, 0.2) is 35.7 Å². The van der Waals surface area contributed by atoms with E-state index in [0.29, 0.717) is 17.7 Å². The number of aliphatic hydroxyl groups is 1. The molecule has 2 aromatic rings. The number of carbonyl (C=O) groups excluding carboxylic acids is 1. The Morgan fingerprint density at radius 3 is 2.76 bits per heavy atom. The van der Waals surface area contributed by atoms with Crippen molar-refractivity contribution in [3.63, 3.8) is 0 Å². The summed E-state index contributed by atoms with van der Waals surface area (Å²) in [5.41, 5.74) is 1.17. The molecule has 0 unspecified atom stereocenters. The normalized spacial score (nSPS) is 9.86. The van der Waals surface area contributed by atoms with Gasteiger partial charge >= 0.3 is 0 Å². The zero-order valence-corrected chi connectivity index (χ0v) is 12.3. The van der Waals surface area contributed by atoms with E-state index in [1.165, 1.54) is 28.4 Å². The van der Waals surface area contributed by atoms with Crippen LogP contribution in [0.2, 0.25) is 0 Å². The van der Waals surface area contributed by atoms with Crippen LogP contribution in [0.3, 0.4) is 0 Å². The molecule has 0 spiro atoms. The molecule has 1 aromatic heterocycles. The summed E-state index contributed by atoms with van der Waals surface area (Å²) in [4.78, 5) is 14.6. The average Bonchev–Trinajstić information content (AvgIpc) is 2.96. The van der Waals surface area contributed by atoms with Crippen molar-refractivity contribution >= 4 is 22.9 Å². The van der Waals surface area contributed by atoms with Crippen molar-refractivity contribution in [3.05, 3.63) is 52.0 Å². The van der Waals surface area contributed by atoms with Crippen molar-refractivity contribution in [2.75, 3.05) is 18.6 Å². The van der Waals surface area contributed by atoms with Gasteiger partial charge in [-0.15, -0.1) is 11.3 Å². The van der Waals surface area contributed by atoms with Crippen LogP contribution in [0.4, 0.5) is 10.1 Å². The largest absolute Gasteiger partial charge is 0.395 e. The number of anilines is 1. The first kappa shape index (κ1) is 15.2. The number of carbonyl (C=O) groups is 1. The summed E-state index contributed by atoms with van der Waals surface area (Å²) < 4.78 is 12.9. The van der Waals surface area contributed by atoms with E-state index in [2.05, 4.69) is 11.8 Å². The number of hydrogen-bond acceptors (Lipinski definition) is 3. The minimum absolute atomic E-state index is 0.0253. The molecule has 1 heterocycles. The van der Waals surface area contributed by atoms with Gasteiger partial charge in [0.1, 0.15) is 5.82 Å². The zero-order valence-electron chi connectivity index (χ0n) is 11.5. The smallest absolute Gasteiger partial charge is 0.258 e. The van der Waals surface area contributed by atoms with Gasteiger partial charge in [0.05, 0.1) is 17.0 Å². The van der Waals surface area contributed by atoms with E-state index >= 15 is 0 Å². The number of hydrogen-bond donors (Lipinski definition) is 1. The van der Waals surface area contributed by atoms with Gasteiger partial charge in [-0.25, -0.2) is 4.39 Å². The van der Waals surface area contributed by atoms with Gasteiger partial charge in [0, 0.05) is 24.5 Å². The van der Waals surface area contributed by atoms with Crippen molar-refractivity contribution in [1.29, 1.82) is 0 Å². The Kier molecular flexibility index (Phi) is 5.09. The topological polar surface area (TPSA) is 40.5 Å². The van der Waals surface area contributed by atoms with E-state index in [-0.39, 0.29) is 18.3 Å². The van der Waals surface area contributed by atoms with E-state index < -0.39 is 0 Å². The molecule has 0 saturated carbocycles. The quantitative estimate of drug-likeness (QED) is 0.886. The van der Waals surface area contributed by atoms with Crippen LogP contribution < -0.4 is 4.90 Å². The fourth-order valence-corrected chi connectivity index (χ4v) is 2.44. The second-order valence-corrected chi connectivity index (χ2v) is 5.23. The van der Waals surface area contributed by atoms with E-state index in [0.717, 1.165) is 4.88 Å². The van der Waals surface area contributed by atoms with Gasteiger partial charge in [0.2, 0.25) is 0 Å². The summed E-state index contributed by atoms with van der Waals surface area (Å²) in [5, 5.41) is 10.4. The molecule has 0 atom stereocenters. The van der Waals surface area contributed by atoms with Gasteiger partial charge in [-0.3, -0.25) is 4.79 Å². The molecule has 1 aromatic carbocycles. The van der Waals surface area contributed by atoms with Gasteiger partial charge in [0.25, 0.3) is 5.91 Å². The Bertz CT molecular complexity index is 682. The number of halogens is 1. The Labute approximate surface area is 126 Å². The Hall–Kier alpha value is -2.16. The molecule has 1 N–H and O–H groups in total. The van der Waals surface area contributed by atoms with E-state index in [1.807, 2.05) is 0 Å². The van der Waals surface area contributed by atoms with Crippen LogP contribution in [-0.2, 0) is 0 Å². The number of amides is 1. The SMILES string of the molecule is CN(C(=O)c1csc(C#CCCO)c1)c1ccc(F)cc1. The van der Waals surface area contributed by atoms with Crippen molar-refractivity contribution in [1.82, 2.24) is 0 Å². The molecule has 0 radical (unpaired) electrons. The lowest BCUT2D eigenvalue weighted by Crippen LogP contribution is -2.25. The highest BCUT2D eigenvalue weighted by atomic mass is 32.1. The molecule has 3 nitrogen and oxygen atoms in total. The third-order valence-electron chi connectivity index (χ3n) is 2.81.